The zero-order chi connectivity index (χ0) is 40.7. The van der Waals surface area contributed by atoms with Gasteiger partial charge in [-0.25, -0.2) is 9.80 Å². The van der Waals surface area contributed by atoms with Crippen molar-refractivity contribution in [2.24, 2.45) is 17.4 Å². The molecule has 3 aromatic carbocycles. The third kappa shape index (κ3) is 12.3. The van der Waals surface area contributed by atoms with Crippen molar-refractivity contribution < 1.29 is 24.0 Å². The van der Waals surface area contributed by atoms with Crippen LogP contribution in [0.3, 0.4) is 0 Å². The van der Waals surface area contributed by atoms with Crippen molar-refractivity contribution in [2.45, 2.75) is 95.4 Å². The highest BCUT2D eigenvalue weighted by Crippen LogP contribution is 2.26. The van der Waals surface area contributed by atoms with Gasteiger partial charge in [0.25, 0.3) is 0 Å². The van der Waals surface area contributed by atoms with Gasteiger partial charge in [0.15, 0.2) is 0 Å². The summed E-state index contributed by atoms with van der Waals surface area (Å²) in [7, 11) is 0. The van der Waals surface area contributed by atoms with E-state index in [9.17, 15) is 24.0 Å². The number of unbranched alkanes of at least 4 members (excludes halogenated alkanes) is 1. The molecule has 3 aromatic rings. The minimum atomic E-state index is -1.01. The molecule has 0 bridgehead atoms. The number of rotatable bonds is 19. The highest BCUT2D eigenvalue weighted by molar-refractivity contribution is 5.95. The standard InChI is InChI=1S/C43H59N9O5/c1-30(2)26-37(49-41(55)38(28-32-16-8-4-9-17-32)48-39(53)35(45)27-31-14-6-3-7-15-31)40(54)47-36(20-12-13-23-44)42(56)50-24-21-34(22-25-50)52-43(57)46-29-51(52)33-18-10-5-11-19-33/h3-11,14-19,30,34-38H,12-13,20-29,44-45H2,1-2H3,(H,46,57)(H,47,54)(H,48,53)(H,49,55)/t35-,36-,37-,38-/m1/s1. The van der Waals surface area contributed by atoms with Crippen LogP contribution in [0.5, 0.6) is 0 Å². The van der Waals surface area contributed by atoms with E-state index >= 15 is 0 Å². The fourth-order valence-electron chi connectivity index (χ4n) is 7.44. The van der Waals surface area contributed by atoms with Crippen LogP contribution in [0.4, 0.5) is 10.5 Å². The Morgan fingerprint density at radius 1 is 0.737 bits per heavy atom. The molecule has 8 N–H and O–H groups in total. The van der Waals surface area contributed by atoms with Crippen LogP contribution in [0.2, 0.25) is 0 Å². The van der Waals surface area contributed by atoms with Crippen LogP contribution in [0.15, 0.2) is 91.0 Å². The Hall–Kier alpha value is -5.47. The molecule has 0 aromatic heterocycles. The van der Waals surface area contributed by atoms with Gasteiger partial charge in [0.05, 0.1) is 17.8 Å². The lowest BCUT2D eigenvalue weighted by atomic mass is 9.99. The lowest BCUT2D eigenvalue weighted by Crippen LogP contribution is -2.59. The third-order valence-electron chi connectivity index (χ3n) is 10.5. The minimum Gasteiger partial charge on any atom is -0.343 e. The number of carbonyl (C=O) groups excluding carboxylic acids is 5. The molecule has 14 heteroatoms. The first-order chi connectivity index (χ1) is 27.5. The maximum Gasteiger partial charge on any atom is 0.337 e. The molecule has 0 spiro atoms. The van der Waals surface area contributed by atoms with Crippen LogP contribution in [-0.4, -0.2) is 96.1 Å². The summed E-state index contributed by atoms with van der Waals surface area (Å²) in [5.74, 6) is -1.67. The topological polar surface area (TPSA) is 195 Å². The Kier molecular flexibility index (Phi) is 15.8. The van der Waals surface area contributed by atoms with Gasteiger partial charge >= 0.3 is 6.03 Å². The van der Waals surface area contributed by atoms with Gasteiger partial charge in [-0.3, -0.25) is 24.2 Å². The van der Waals surface area contributed by atoms with Crippen molar-refractivity contribution in [3.8, 4) is 0 Å². The summed E-state index contributed by atoms with van der Waals surface area (Å²) >= 11 is 0. The van der Waals surface area contributed by atoms with Gasteiger partial charge in [-0.15, -0.1) is 0 Å². The minimum absolute atomic E-state index is 0.0196. The summed E-state index contributed by atoms with van der Waals surface area (Å²) in [5.41, 5.74) is 14.7. The van der Waals surface area contributed by atoms with Crippen LogP contribution < -0.4 is 37.7 Å². The van der Waals surface area contributed by atoms with E-state index in [1.165, 1.54) is 0 Å². The molecule has 5 rings (SSSR count). The molecule has 0 radical (unpaired) electrons. The van der Waals surface area contributed by atoms with Crippen LogP contribution >= 0.6 is 0 Å². The van der Waals surface area contributed by atoms with Crippen molar-refractivity contribution in [3.05, 3.63) is 102 Å². The molecule has 0 unspecified atom stereocenters. The van der Waals surface area contributed by atoms with Gasteiger partial charge in [-0.05, 0) is 80.7 Å². The van der Waals surface area contributed by atoms with Crippen molar-refractivity contribution >= 4 is 35.3 Å². The highest BCUT2D eigenvalue weighted by atomic mass is 16.2. The Balaban J connectivity index is 1.26. The number of hydrogen-bond donors (Lipinski definition) is 6. The Labute approximate surface area is 336 Å². The number of carbonyl (C=O) groups is 5. The number of anilines is 1. The molecule has 4 atom stereocenters. The molecule has 2 saturated heterocycles. The first kappa shape index (κ1) is 42.7. The van der Waals surface area contributed by atoms with E-state index < -0.39 is 41.9 Å². The lowest BCUT2D eigenvalue weighted by Gasteiger charge is -2.40. The molecule has 57 heavy (non-hydrogen) atoms. The van der Waals surface area contributed by atoms with Crippen molar-refractivity contribution in [1.29, 1.82) is 0 Å². The SMILES string of the molecule is CC(C)C[C@@H](NC(=O)[C@@H](Cc1ccccc1)NC(=O)[C@H](N)Cc1ccccc1)C(=O)N[C@H](CCCCN)C(=O)N1CCC(N2C(=O)NCN2c2ccccc2)CC1. The lowest BCUT2D eigenvalue weighted by molar-refractivity contribution is -0.139. The van der Waals surface area contributed by atoms with E-state index in [2.05, 4.69) is 21.3 Å². The second kappa shape index (κ2) is 21.2. The van der Waals surface area contributed by atoms with E-state index in [1.807, 2.05) is 110 Å². The van der Waals surface area contributed by atoms with Crippen LogP contribution in [0.25, 0.3) is 0 Å². The quantitative estimate of drug-likeness (QED) is 0.1000. The zero-order valence-corrected chi connectivity index (χ0v) is 33.1. The normalized spacial score (nSPS) is 16.7. The number of urea groups is 1. The predicted octanol–water partition coefficient (Wildman–Crippen LogP) is 2.82. The number of nitrogens with zero attached hydrogens (tertiary/aromatic N) is 3. The fourth-order valence-corrected chi connectivity index (χ4v) is 7.44. The van der Waals surface area contributed by atoms with Crippen LogP contribution in [-0.2, 0) is 32.0 Å². The van der Waals surface area contributed by atoms with E-state index in [0.29, 0.717) is 71.2 Å². The molecule has 0 aliphatic carbocycles. The van der Waals surface area contributed by atoms with Gasteiger partial charge in [-0.1, -0.05) is 92.7 Å². The molecule has 2 aliphatic rings. The highest BCUT2D eigenvalue weighted by Gasteiger charge is 2.39. The smallest absolute Gasteiger partial charge is 0.337 e. The largest absolute Gasteiger partial charge is 0.343 e. The van der Waals surface area contributed by atoms with E-state index in [1.54, 1.807) is 9.91 Å². The molecule has 2 heterocycles. The van der Waals surface area contributed by atoms with E-state index in [-0.39, 0.29) is 30.3 Å². The molecule has 0 saturated carbocycles. The average molecular weight is 782 g/mol. The van der Waals surface area contributed by atoms with Gasteiger partial charge in [0.2, 0.25) is 23.6 Å². The molecular weight excluding hydrogens is 723 g/mol. The number of likely N-dealkylation sites (tertiary alicyclic amines) is 1. The zero-order valence-electron chi connectivity index (χ0n) is 33.1. The number of benzene rings is 3. The maximum absolute atomic E-state index is 14.1. The molecule has 2 aliphatic heterocycles. The Bertz CT molecular complexity index is 1760. The first-order valence-electron chi connectivity index (χ1n) is 20.2. The monoisotopic (exact) mass is 781 g/mol. The van der Waals surface area contributed by atoms with Crippen LogP contribution in [0.1, 0.15) is 63.5 Å². The second-order valence-corrected chi connectivity index (χ2v) is 15.4. The predicted molar refractivity (Wildman–Crippen MR) is 220 cm³/mol. The number of hydrazine groups is 1. The van der Waals surface area contributed by atoms with Crippen LogP contribution in [0, 0.1) is 5.92 Å². The van der Waals surface area contributed by atoms with E-state index in [0.717, 1.165) is 16.8 Å². The number of para-hydroxylation sites is 1. The van der Waals surface area contributed by atoms with Gasteiger partial charge < -0.3 is 37.6 Å². The fraction of sp³-hybridized carbons (Fsp3) is 0.465. The third-order valence-corrected chi connectivity index (χ3v) is 10.5. The summed E-state index contributed by atoms with van der Waals surface area (Å²) in [4.78, 5) is 70.3. The number of nitrogens with one attached hydrogen (secondary N) is 4. The molecule has 14 nitrogen and oxygen atoms in total. The van der Waals surface area contributed by atoms with Gasteiger partial charge in [0, 0.05) is 19.5 Å². The van der Waals surface area contributed by atoms with E-state index in [4.69, 9.17) is 11.5 Å². The number of nitrogens with two attached hydrogens (primary N) is 2. The Morgan fingerprint density at radius 2 is 1.28 bits per heavy atom. The molecular formula is C43H59N9O5. The molecule has 306 valence electrons. The summed E-state index contributed by atoms with van der Waals surface area (Å²) in [6.07, 6.45) is 3.61. The molecule has 6 amide bonds. The van der Waals surface area contributed by atoms with Gasteiger partial charge in [-0.2, -0.15) is 0 Å². The number of piperidine rings is 1. The molecule has 2 fully saturated rings. The number of hydrogen-bond acceptors (Lipinski definition) is 8. The number of amides is 6. The maximum atomic E-state index is 14.1. The summed E-state index contributed by atoms with van der Waals surface area (Å²) in [6, 6.07) is 24.4. The summed E-state index contributed by atoms with van der Waals surface area (Å²) in [5, 5.41) is 15.3. The van der Waals surface area contributed by atoms with Crippen molar-refractivity contribution in [2.75, 3.05) is 31.3 Å². The van der Waals surface area contributed by atoms with Crippen molar-refractivity contribution in [1.82, 2.24) is 31.2 Å². The second-order valence-electron chi connectivity index (χ2n) is 15.4. The van der Waals surface area contributed by atoms with Crippen molar-refractivity contribution in [3.63, 3.8) is 0 Å². The Morgan fingerprint density at radius 3 is 1.88 bits per heavy atom. The van der Waals surface area contributed by atoms with Gasteiger partial charge in [0.1, 0.15) is 24.8 Å². The first-order valence-corrected chi connectivity index (χ1v) is 20.2. The summed E-state index contributed by atoms with van der Waals surface area (Å²) < 4.78 is 0. The summed E-state index contributed by atoms with van der Waals surface area (Å²) in [6.45, 7) is 5.55. The average Bonchev–Trinajstić information content (AvgIpc) is 3.61.